The zero-order valence-electron chi connectivity index (χ0n) is 19.2. The Morgan fingerprint density at radius 2 is 1.85 bits per heavy atom. The first-order valence-electron chi connectivity index (χ1n) is 11.7. The molecule has 1 aromatic carbocycles. The van der Waals surface area contributed by atoms with Crippen LogP contribution in [0.1, 0.15) is 51.3 Å². The molecule has 8 nitrogen and oxygen atoms in total. The average molecular weight is 463 g/mol. The minimum absolute atomic E-state index is 0.0691. The van der Waals surface area contributed by atoms with E-state index in [4.69, 9.17) is 0 Å². The van der Waals surface area contributed by atoms with E-state index in [-0.39, 0.29) is 17.0 Å². The van der Waals surface area contributed by atoms with Crippen molar-refractivity contribution in [2.45, 2.75) is 39.0 Å². The van der Waals surface area contributed by atoms with Crippen molar-refractivity contribution in [3.8, 4) is 0 Å². The van der Waals surface area contributed by atoms with Crippen LogP contribution in [0.15, 0.2) is 35.4 Å². The van der Waals surface area contributed by atoms with Crippen LogP contribution in [0.4, 0.5) is 10.2 Å². The van der Waals surface area contributed by atoms with Crippen LogP contribution >= 0.6 is 0 Å². The second kappa shape index (κ2) is 9.32. The molecule has 0 spiro atoms. The largest absolute Gasteiger partial charge is 0.352 e. The highest BCUT2D eigenvalue weighted by molar-refractivity contribution is 5.95. The first-order valence-corrected chi connectivity index (χ1v) is 11.7. The number of rotatable bonds is 4. The van der Waals surface area contributed by atoms with Gasteiger partial charge in [-0.05, 0) is 55.9 Å². The number of aromatic amines is 1. The van der Waals surface area contributed by atoms with Crippen molar-refractivity contribution in [2.24, 2.45) is 0 Å². The third-order valence-electron chi connectivity index (χ3n) is 6.65. The summed E-state index contributed by atoms with van der Waals surface area (Å²) in [6.07, 6.45) is 7.47. The molecule has 1 aliphatic heterocycles. The molecule has 0 bridgehead atoms. The molecule has 9 heteroatoms. The zero-order chi connectivity index (χ0) is 23.7. The van der Waals surface area contributed by atoms with Crippen LogP contribution in [-0.2, 0) is 19.3 Å². The van der Waals surface area contributed by atoms with Crippen LogP contribution in [0, 0.1) is 12.7 Å². The molecule has 1 saturated heterocycles. The lowest BCUT2D eigenvalue weighted by atomic mass is 9.90. The van der Waals surface area contributed by atoms with Gasteiger partial charge < -0.3 is 9.80 Å². The molecule has 3 heterocycles. The number of aryl methyl sites for hydroxylation is 1. The van der Waals surface area contributed by atoms with Gasteiger partial charge in [0.15, 0.2) is 0 Å². The van der Waals surface area contributed by atoms with Crippen LogP contribution < -0.4 is 10.5 Å². The van der Waals surface area contributed by atoms with Crippen molar-refractivity contribution in [2.75, 3.05) is 31.1 Å². The fourth-order valence-corrected chi connectivity index (χ4v) is 4.82. The van der Waals surface area contributed by atoms with E-state index in [2.05, 4.69) is 25.1 Å². The maximum absolute atomic E-state index is 14.7. The molecule has 0 atom stereocenters. The Hall–Kier alpha value is -3.62. The minimum atomic E-state index is -0.530. The van der Waals surface area contributed by atoms with Crippen LogP contribution in [0.5, 0.6) is 0 Å². The number of anilines is 1. The molecule has 0 unspecified atom stereocenters. The lowest BCUT2D eigenvalue weighted by Gasteiger charge is -2.35. The average Bonchev–Trinajstić information content (AvgIpc) is 2.87. The molecule has 3 aromatic rings. The first-order chi connectivity index (χ1) is 16.5. The zero-order valence-corrected chi connectivity index (χ0v) is 19.2. The maximum Gasteiger partial charge on any atom is 0.267 e. The van der Waals surface area contributed by atoms with E-state index in [1.165, 1.54) is 6.07 Å². The molecular formula is C25H27FN6O2. The van der Waals surface area contributed by atoms with Gasteiger partial charge in [0.05, 0.1) is 23.1 Å². The monoisotopic (exact) mass is 462 g/mol. The predicted molar refractivity (Wildman–Crippen MR) is 126 cm³/mol. The highest BCUT2D eigenvalue weighted by Crippen LogP contribution is 2.23. The Balaban J connectivity index is 1.32. The molecule has 2 aliphatic rings. The van der Waals surface area contributed by atoms with Gasteiger partial charge >= 0.3 is 0 Å². The van der Waals surface area contributed by atoms with Gasteiger partial charge in [-0.3, -0.25) is 14.6 Å². The van der Waals surface area contributed by atoms with Crippen LogP contribution in [0.2, 0.25) is 0 Å². The summed E-state index contributed by atoms with van der Waals surface area (Å²) in [6.45, 7) is 4.07. The smallest absolute Gasteiger partial charge is 0.267 e. The lowest BCUT2D eigenvalue weighted by molar-refractivity contribution is 0.0741. The predicted octanol–water partition coefficient (Wildman–Crippen LogP) is 2.44. The van der Waals surface area contributed by atoms with Crippen LogP contribution in [0.25, 0.3) is 0 Å². The summed E-state index contributed by atoms with van der Waals surface area (Å²) in [7, 11) is 0. The molecule has 0 radical (unpaired) electrons. The molecule has 0 saturated carbocycles. The maximum atomic E-state index is 14.7. The highest BCUT2D eigenvalue weighted by Gasteiger charge is 2.25. The van der Waals surface area contributed by atoms with Gasteiger partial charge in [-0.25, -0.2) is 14.5 Å². The highest BCUT2D eigenvalue weighted by atomic mass is 19.1. The summed E-state index contributed by atoms with van der Waals surface area (Å²) in [4.78, 5) is 37.8. The summed E-state index contributed by atoms with van der Waals surface area (Å²) in [5.41, 5.74) is 4.20. The fourth-order valence-electron chi connectivity index (χ4n) is 4.82. The van der Waals surface area contributed by atoms with Crippen molar-refractivity contribution >= 4 is 11.7 Å². The molecule has 1 aliphatic carbocycles. The van der Waals surface area contributed by atoms with Gasteiger partial charge in [0.2, 0.25) is 0 Å². The summed E-state index contributed by atoms with van der Waals surface area (Å²) >= 11 is 0. The Morgan fingerprint density at radius 3 is 2.62 bits per heavy atom. The number of aromatic nitrogens is 4. The molecule has 2 aromatic heterocycles. The first kappa shape index (κ1) is 22.2. The van der Waals surface area contributed by atoms with Crippen molar-refractivity contribution in [1.82, 2.24) is 25.1 Å². The third kappa shape index (κ3) is 4.42. The molecule has 1 amide bonds. The van der Waals surface area contributed by atoms with E-state index in [1.807, 2.05) is 6.92 Å². The minimum Gasteiger partial charge on any atom is -0.352 e. The van der Waals surface area contributed by atoms with E-state index in [0.29, 0.717) is 32.6 Å². The SMILES string of the molecule is Cc1cncc(N2CCN(C(=O)c3cc(Cc4n[nH]c(=O)c5c4CCCC5)ccc3F)CC2)n1. The topological polar surface area (TPSA) is 95.1 Å². The molecular weight excluding hydrogens is 435 g/mol. The standard InChI is InChI=1S/C25H27FN6O2/c1-16-14-27-15-23(28-16)31-8-10-32(11-9-31)25(34)20-12-17(6-7-21(20)26)13-22-18-4-2-3-5-19(18)24(33)30-29-22/h6-7,12,14-15H,2-5,8-11,13H2,1H3,(H,30,33). The van der Waals surface area contributed by atoms with Crippen molar-refractivity contribution in [3.05, 3.63) is 80.4 Å². The summed E-state index contributed by atoms with van der Waals surface area (Å²) in [5, 5.41) is 6.87. The number of hydrogen-bond acceptors (Lipinski definition) is 6. The lowest BCUT2D eigenvalue weighted by Crippen LogP contribution is -2.49. The van der Waals surface area contributed by atoms with Gasteiger partial charge in [0.1, 0.15) is 11.6 Å². The van der Waals surface area contributed by atoms with Gasteiger partial charge in [0, 0.05) is 44.4 Å². The van der Waals surface area contributed by atoms with E-state index < -0.39 is 5.82 Å². The summed E-state index contributed by atoms with van der Waals surface area (Å²) in [5.74, 6) is -0.0556. The second-order valence-electron chi connectivity index (χ2n) is 8.95. The van der Waals surface area contributed by atoms with Crippen molar-refractivity contribution < 1.29 is 9.18 Å². The number of carbonyl (C=O) groups excluding carboxylic acids is 1. The number of fused-ring (bicyclic) bond motifs is 1. The van der Waals surface area contributed by atoms with Crippen molar-refractivity contribution in [3.63, 3.8) is 0 Å². The number of H-pyrrole nitrogens is 1. The number of halogens is 1. The second-order valence-corrected chi connectivity index (χ2v) is 8.95. The quantitative estimate of drug-likeness (QED) is 0.640. The Kier molecular flexibility index (Phi) is 6.08. The van der Waals surface area contributed by atoms with E-state index in [1.54, 1.807) is 29.4 Å². The number of nitrogens with one attached hydrogen (secondary N) is 1. The molecule has 1 N–H and O–H groups in total. The van der Waals surface area contributed by atoms with Crippen molar-refractivity contribution in [1.29, 1.82) is 0 Å². The molecule has 5 rings (SSSR count). The van der Waals surface area contributed by atoms with Gasteiger partial charge in [-0.15, -0.1) is 0 Å². The summed E-state index contributed by atoms with van der Waals surface area (Å²) < 4.78 is 14.7. The fraction of sp³-hybridized carbons (Fsp3) is 0.400. The Bertz CT molecular complexity index is 1280. The van der Waals surface area contributed by atoms with Crippen LogP contribution in [0.3, 0.4) is 0 Å². The number of amides is 1. The number of carbonyl (C=O) groups is 1. The van der Waals surface area contributed by atoms with E-state index >= 15 is 0 Å². The summed E-state index contributed by atoms with van der Waals surface area (Å²) in [6, 6.07) is 4.65. The van der Waals surface area contributed by atoms with E-state index in [0.717, 1.165) is 59.6 Å². The number of nitrogens with zero attached hydrogens (tertiary/aromatic N) is 5. The van der Waals surface area contributed by atoms with Gasteiger partial charge in [-0.1, -0.05) is 6.07 Å². The van der Waals surface area contributed by atoms with Crippen LogP contribution in [-0.4, -0.2) is 57.2 Å². The number of hydrogen-bond donors (Lipinski definition) is 1. The molecule has 1 fully saturated rings. The number of piperazine rings is 1. The number of benzene rings is 1. The Morgan fingerprint density at radius 1 is 1.09 bits per heavy atom. The molecule has 34 heavy (non-hydrogen) atoms. The molecule has 176 valence electrons. The third-order valence-corrected chi connectivity index (χ3v) is 6.65. The van der Waals surface area contributed by atoms with E-state index in [9.17, 15) is 14.0 Å². The van der Waals surface area contributed by atoms with Gasteiger partial charge in [0.25, 0.3) is 11.5 Å². The normalized spacial score (nSPS) is 15.8. The van der Waals surface area contributed by atoms with Gasteiger partial charge in [-0.2, -0.15) is 5.10 Å². The Labute approximate surface area is 196 Å².